The molecule has 1 aromatic rings. The molecule has 108 valence electrons. The molecule has 0 saturated carbocycles. The maximum absolute atomic E-state index is 5.75. The van der Waals surface area contributed by atoms with Gasteiger partial charge in [0.15, 0.2) is 0 Å². The number of thioether (sulfide) groups is 1. The normalized spacial score (nSPS) is 11.6. The van der Waals surface area contributed by atoms with E-state index in [4.69, 9.17) is 4.74 Å². The zero-order valence-corrected chi connectivity index (χ0v) is 14.7. The first kappa shape index (κ1) is 16.9. The minimum absolute atomic E-state index is 0.138. The summed E-state index contributed by atoms with van der Waals surface area (Å²) < 4.78 is 6.78. The predicted octanol–water partition coefficient (Wildman–Crippen LogP) is 4.47. The smallest absolute Gasteiger partial charge is 0.133 e. The molecule has 2 nitrogen and oxygen atoms in total. The van der Waals surface area contributed by atoms with Crippen LogP contribution in [-0.4, -0.2) is 23.7 Å². The molecule has 0 aliphatic heterocycles. The predicted molar refractivity (Wildman–Crippen MR) is 89.2 cm³/mol. The lowest BCUT2D eigenvalue weighted by Crippen LogP contribution is -2.35. The Morgan fingerprint density at radius 1 is 1.32 bits per heavy atom. The molecule has 0 aliphatic rings. The topological polar surface area (TPSA) is 21.3 Å². The zero-order chi connectivity index (χ0) is 14.3. The molecule has 0 spiro atoms. The van der Waals surface area contributed by atoms with Crippen molar-refractivity contribution in [1.29, 1.82) is 0 Å². The van der Waals surface area contributed by atoms with Crippen LogP contribution in [0.15, 0.2) is 22.7 Å². The summed E-state index contributed by atoms with van der Waals surface area (Å²) in [5, 5.41) is 3.48. The van der Waals surface area contributed by atoms with Gasteiger partial charge in [0.25, 0.3) is 0 Å². The highest BCUT2D eigenvalue weighted by Gasteiger charge is 2.09. The van der Waals surface area contributed by atoms with Crippen LogP contribution in [-0.2, 0) is 6.54 Å². The van der Waals surface area contributed by atoms with E-state index in [0.29, 0.717) is 0 Å². The van der Waals surface area contributed by atoms with Crippen LogP contribution in [0.3, 0.4) is 0 Å². The van der Waals surface area contributed by atoms with Gasteiger partial charge in [-0.25, -0.2) is 0 Å². The summed E-state index contributed by atoms with van der Waals surface area (Å²) in [6, 6.07) is 6.28. The summed E-state index contributed by atoms with van der Waals surface area (Å²) in [7, 11) is 0. The Morgan fingerprint density at radius 3 is 2.63 bits per heavy atom. The van der Waals surface area contributed by atoms with E-state index in [9.17, 15) is 0 Å². The second kappa shape index (κ2) is 8.18. The summed E-state index contributed by atoms with van der Waals surface area (Å²) in [6.45, 7) is 10.3. The molecule has 0 saturated heterocycles. The van der Waals surface area contributed by atoms with Gasteiger partial charge in [0.05, 0.1) is 11.1 Å². The van der Waals surface area contributed by atoms with Crippen molar-refractivity contribution in [3.8, 4) is 5.75 Å². The van der Waals surface area contributed by atoms with Crippen LogP contribution in [0, 0.1) is 0 Å². The highest BCUT2D eigenvalue weighted by atomic mass is 79.9. The van der Waals surface area contributed by atoms with Crippen molar-refractivity contribution in [3.05, 3.63) is 28.2 Å². The standard InChI is InChI=1S/C15H24BrNOS/c1-5-19-9-8-18-14-7-6-12(10-13(14)16)11-17-15(2,3)4/h6-7,10,17H,5,8-9,11H2,1-4H3. The van der Waals surface area contributed by atoms with Crippen LogP contribution in [0.2, 0.25) is 0 Å². The average molecular weight is 346 g/mol. The number of nitrogens with one attached hydrogen (secondary N) is 1. The van der Waals surface area contributed by atoms with Crippen LogP contribution >= 0.6 is 27.7 Å². The van der Waals surface area contributed by atoms with E-state index in [1.165, 1.54) is 5.56 Å². The Bertz CT molecular complexity index is 390. The average Bonchev–Trinajstić information content (AvgIpc) is 2.33. The lowest BCUT2D eigenvalue weighted by Gasteiger charge is -2.20. The molecular formula is C15H24BrNOS. The fourth-order valence-electron chi connectivity index (χ4n) is 1.49. The van der Waals surface area contributed by atoms with Gasteiger partial charge in [-0.05, 0) is 60.2 Å². The molecule has 19 heavy (non-hydrogen) atoms. The lowest BCUT2D eigenvalue weighted by molar-refractivity contribution is 0.341. The summed E-state index contributed by atoms with van der Waals surface area (Å²) in [5.74, 6) is 3.11. The highest BCUT2D eigenvalue weighted by Crippen LogP contribution is 2.26. The number of benzene rings is 1. The van der Waals surface area contributed by atoms with Crippen molar-refractivity contribution in [2.75, 3.05) is 18.1 Å². The van der Waals surface area contributed by atoms with E-state index in [1.54, 1.807) is 0 Å². The summed E-state index contributed by atoms with van der Waals surface area (Å²) in [5.41, 5.74) is 1.40. The lowest BCUT2D eigenvalue weighted by atomic mass is 10.1. The van der Waals surface area contributed by atoms with Crippen molar-refractivity contribution in [2.24, 2.45) is 0 Å². The first-order valence-corrected chi connectivity index (χ1v) is 8.61. The molecule has 0 aliphatic carbocycles. The second-order valence-corrected chi connectivity index (χ2v) is 7.66. The van der Waals surface area contributed by atoms with E-state index >= 15 is 0 Å². The van der Waals surface area contributed by atoms with Gasteiger partial charge in [0, 0.05) is 17.8 Å². The van der Waals surface area contributed by atoms with Gasteiger partial charge in [-0.15, -0.1) is 0 Å². The van der Waals surface area contributed by atoms with Gasteiger partial charge in [0.2, 0.25) is 0 Å². The molecule has 0 heterocycles. The molecule has 0 unspecified atom stereocenters. The monoisotopic (exact) mass is 345 g/mol. The third-order valence-corrected chi connectivity index (χ3v) is 3.99. The van der Waals surface area contributed by atoms with Crippen molar-refractivity contribution in [2.45, 2.75) is 39.8 Å². The molecule has 1 rings (SSSR count). The molecule has 1 aromatic carbocycles. The third-order valence-electron chi connectivity index (χ3n) is 2.51. The highest BCUT2D eigenvalue weighted by molar-refractivity contribution is 9.10. The third kappa shape index (κ3) is 7.23. The maximum atomic E-state index is 5.75. The minimum Gasteiger partial charge on any atom is -0.492 e. The summed E-state index contributed by atoms with van der Waals surface area (Å²) >= 11 is 5.47. The Morgan fingerprint density at radius 2 is 2.05 bits per heavy atom. The van der Waals surface area contributed by atoms with Crippen molar-refractivity contribution >= 4 is 27.7 Å². The van der Waals surface area contributed by atoms with Gasteiger partial charge in [-0.2, -0.15) is 11.8 Å². The van der Waals surface area contributed by atoms with Crippen LogP contribution in [0.5, 0.6) is 5.75 Å². The van der Waals surface area contributed by atoms with E-state index in [0.717, 1.165) is 34.9 Å². The fourth-order valence-corrected chi connectivity index (χ4v) is 2.52. The minimum atomic E-state index is 0.138. The molecule has 0 fully saturated rings. The van der Waals surface area contributed by atoms with Crippen molar-refractivity contribution in [1.82, 2.24) is 5.32 Å². The van der Waals surface area contributed by atoms with Gasteiger partial charge in [0.1, 0.15) is 5.75 Å². The molecular weight excluding hydrogens is 322 g/mol. The summed E-state index contributed by atoms with van der Waals surface area (Å²) in [4.78, 5) is 0. The SMILES string of the molecule is CCSCCOc1ccc(CNC(C)(C)C)cc1Br. The molecule has 4 heteroatoms. The molecule has 1 N–H and O–H groups in total. The van der Waals surface area contributed by atoms with Gasteiger partial charge in [-0.1, -0.05) is 13.0 Å². The molecule has 0 atom stereocenters. The largest absolute Gasteiger partial charge is 0.492 e. The second-order valence-electron chi connectivity index (χ2n) is 5.41. The van der Waals surface area contributed by atoms with Crippen molar-refractivity contribution < 1.29 is 4.74 Å². The number of hydrogen-bond acceptors (Lipinski definition) is 3. The van der Waals surface area contributed by atoms with Crippen LogP contribution in [0.25, 0.3) is 0 Å². The van der Waals surface area contributed by atoms with Crippen LogP contribution < -0.4 is 10.1 Å². The number of rotatable bonds is 7. The fraction of sp³-hybridized carbons (Fsp3) is 0.600. The zero-order valence-electron chi connectivity index (χ0n) is 12.3. The van der Waals surface area contributed by atoms with E-state index in [1.807, 2.05) is 17.8 Å². The Balaban J connectivity index is 2.49. The Hall–Kier alpha value is -0.190. The molecule has 0 aromatic heterocycles. The van der Waals surface area contributed by atoms with Crippen molar-refractivity contribution in [3.63, 3.8) is 0 Å². The van der Waals surface area contributed by atoms with Gasteiger partial charge in [-0.3, -0.25) is 0 Å². The number of halogens is 1. The number of ether oxygens (including phenoxy) is 1. The van der Waals surface area contributed by atoms with Gasteiger partial charge < -0.3 is 10.1 Å². The Labute approximate surface area is 129 Å². The molecule has 0 amide bonds. The first-order valence-electron chi connectivity index (χ1n) is 6.66. The van der Waals surface area contributed by atoms with Crippen LogP contribution in [0.1, 0.15) is 33.3 Å². The molecule has 0 radical (unpaired) electrons. The quantitative estimate of drug-likeness (QED) is 0.736. The van der Waals surface area contributed by atoms with E-state index in [-0.39, 0.29) is 5.54 Å². The maximum Gasteiger partial charge on any atom is 0.133 e. The molecule has 0 bridgehead atoms. The summed E-state index contributed by atoms with van der Waals surface area (Å²) in [6.07, 6.45) is 0. The van der Waals surface area contributed by atoms with E-state index < -0.39 is 0 Å². The Kier molecular flexibility index (Phi) is 7.26. The van der Waals surface area contributed by atoms with E-state index in [2.05, 4.69) is 61.1 Å². The van der Waals surface area contributed by atoms with Gasteiger partial charge >= 0.3 is 0 Å². The first-order chi connectivity index (χ1) is 8.92. The van der Waals surface area contributed by atoms with Crippen LogP contribution in [0.4, 0.5) is 0 Å². The number of hydrogen-bond donors (Lipinski definition) is 1.